The molecule has 0 radical (unpaired) electrons. The Labute approximate surface area is 134 Å². The zero-order valence-electron chi connectivity index (χ0n) is 12.7. The molecule has 1 aromatic heterocycles. The molecule has 2 aliphatic rings. The van der Waals surface area contributed by atoms with Crippen LogP contribution in [0.1, 0.15) is 14.5 Å². The highest BCUT2D eigenvalue weighted by Crippen LogP contribution is 2.18. The summed E-state index contributed by atoms with van der Waals surface area (Å²) in [6.07, 6.45) is 0. The van der Waals surface area contributed by atoms with Crippen molar-refractivity contribution < 1.29 is 14.3 Å². The summed E-state index contributed by atoms with van der Waals surface area (Å²) in [7, 11) is 0. The lowest BCUT2D eigenvalue weighted by molar-refractivity contribution is -0.137. The minimum atomic E-state index is -0.240. The van der Waals surface area contributed by atoms with Crippen molar-refractivity contribution in [2.24, 2.45) is 0 Å². The average molecular weight is 323 g/mol. The molecule has 6 nitrogen and oxygen atoms in total. The lowest BCUT2D eigenvalue weighted by Gasteiger charge is -2.37. The smallest absolute Gasteiger partial charge is 0.264 e. The third kappa shape index (κ3) is 3.31. The van der Waals surface area contributed by atoms with Gasteiger partial charge in [0.2, 0.25) is 5.91 Å². The number of amides is 2. The summed E-state index contributed by atoms with van der Waals surface area (Å²) in [5.41, 5.74) is 0. The van der Waals surface area contributed by atoms with E-state index in [0.29, 0.717) is 45.9 Å². The molecule has 0 spiro atoms. The largest absolute Gasteiger partial charge is 0.378 e. The summed E-state index contributed by atoms with van der Waals surface area (Å²) < 4.78 is 5.34. The second kappa shape index (κ2) is 6.76. The van der Waals surface area contributed by atoms with Gasteiger partial charge in [0, 0.05) is 37.6 Å². The Hall–Kier alpha value is -1.44. The number of nitrogens with one attached hydrogen (secondary N) is 1. The van der Waals surface area contributed by atoms with Crippen LogP contribution in [0.2, 0.25) is 0 Å². The van der Waals surface area contributed by atoms with Gasteiger partial charge in [0.1, 0.15) is 6.04 Å². The molecule has 2 aliphatic heterocycles. The number of carbonyl (C=O) groups is 2. The van der Waals surface area contributed by atoms with Gasteiger partial charge < -0.3 is 19.9 Å². The molecule has 1 N–H and O–H groups in total. The molecule has 3 heterocycles. The fourth-order valence-corrected chi connectivity index (χ4v) is 3.62. The number of hydrogen-bond acceptors (Lipinski definition) is 5. The fourth-order valence-electron chi connectivity index (χ4n) is 2.78. The molecule has 2 fully saturated rings. The molecule has 22 heavy (non-hydrogen) atoms. The number of carbonyl (C=O) groups excluding carboxylic acids is 2. The number of aryl methyl sites for hydroxylation is 1. The van der Waals surface area contributed by atoms with E-state index in [1.807, 2.05) is 28.9 Å². The molecule has 1 aromatic rings. The second-order valence-electron chi connectivity index (χ2n) is 5.61. The molecule has 0 aromatic carbocycles. The van der Waals surface area contributed by atoms with E-state index in [-0.39, 0.29) is 17.9 Å². The van der Waals surface area contributed by atoms with Gasteiger partial charge in [0.25, 0.3) is 5.91 Å². The highest BCUT2D eigenvalue weighted by Gasteiger charge is 2.30. The van der Waals surface area contributed by atoms with E-state index in [0.717, 1.165) is 9.75 Å². The van der Waals surface area contributed by atoms with Crippen molar-refractivity contribution in [3.63, 3.8) is 0 Å². The van der Waals surface area contributed by atoms with E-state index in [9.17, 15) is 9.59 Å². The van der Waals surface area contributed by atoms with Crippen LogP contribution in [0.4, 0.5) is 0 Å². The van der Waals surface area contributed by atoms with Crippen LogP contribution in [0.3, 0.4) is 0 Å². The summed E-state index contributed by atoms with van der Waals surface area (Å²) in [5.74, 6) is 0.156. The van der Waals surface area contributed by atoms with Crippen LogP contribution in [0.5, 0.6) is 0 Å². The van der Waals surface area contributed by atoms with Gasteiger partial charge in [-0.3, -0.25) is 9.59 Å². The Kier molecular flexibility index (Phi) is 4.75. The van der Waals surface area contributed by atoms with Crippen molar-refractivity contribution in [2.75, 3.05) is 45.9 Å². The maximum absolute atomic E-state index is 12.4. The number of thiophene rings is 1. The van der Waals surface area contributed by atoms with Crippen molar-refractivity contribution >= 4 is 23.2 Å². The zero-order valence-corrected chi connectivity index (χ0v) is 13.5. The molecule has 0 aliphatic carbocycles. The van der Waals surface area contributed by atoms with Crippen molar-refractivity contribution in [3.8, 4) is 0 Å². The predicted molar refractivity (Wildman–Crippen MR) is 84.1 cm³/mol. The lowest BCUT2D eigenvalue weighted by Crippen LogP contribution is -2.57. The molecular weight excluding hydrogens is 302 g/mol. The van der Waals surface area contributed by atoms with Gasteiger partial charge in [-0.05, 0) is 19.1 Å². The molecule has 0 saturated carbocycles. The van der Waals surface area contributed by atoms with Crippen LogP contribution in [0.15, 0.2) is 12.1 Å². The van der Waals surface area contributed by atoms with Crippen LogP contribution in [0.25, 0.3) is 0 Å². The quantitative estimate of drug-likeness (QED) is 0.852. The Morgan fingerprint density at radius 3 is 2.55 bits per heavy atom. The SMILES string of the molecule is Cc1ccc(C(=O)N2CCN(C(=O)C3COCCN3)CC2)s1. The molecule has 0 bridgehead atoms. The van der Waals surface area contributed by atoms with E-state index >= 15 is 0 Å². The Morgan fingerprint density at radius 1 is 1.23 bits per heavy atom. The van der Waals surface area contributed by atoms with Gasteiger partial charge in [-0.25, -0.2) is 0 Å². The molecular formula is C15H21N3O3S. The zero-order chi connectivity index (χ0) is 15.5. The van der Waals surface area contributed by atoms with E-state index in [1.54, 1.807) is 0 Å². The number of hydrogen-bond donors (Lipinski definition) is 1. The Bertz CT molecular complexity index is 546. The highest BCUT2D eigenvalue weighted by atomic mass is 32.1. The third-order valence-electron chi connectivity index (χ3n) is 4.05. The van der Waals surface area contributed by atoms with Crippen molar-refractivity contribution in [2.45, 2.75) is 13.0 Å². The first kappa shape index (κ1) is 15.5. The van der Waals surface area contributed by atoms with Gasteiger partial charge >= 0.3 is 0 Å². The summed E-state index contributed by atoms with van der Waals surface area (Å²) in [5, 5.41) is 3.18. The van der Waals surface area contributed by atoms with Gasteiger partial charge in [0.05, 0.1) is 18.1 Å². The standard InChI is InChI=1S/C15H21N3O3S/c1-11-2-3-13(22-11)15(20)18-7-5-17(6-8-18)14(19)12-10-21-9-4-16-12/h2-3,12,16H,4-10H2,1H3. The predicted octanol–water partition coefficient (Wildman–Crippen LogP) is 0.329. The summed E-state index contributed by atoms with van der Waals surface area (Å²) in [6.45, 7) is 6.17. The van der Waals surface area contributed by atoms with Crippen LogP contribution in [-0.4, -0.2) is 73.6 Å². The van der Waals surface area contributed by atoms with E-state index in [2.05, 4.69) is 5.32 Å². The Balaban J connectivity index is 1.53. The van der Waals surface area contributed by atoms with Crippen LogP contribution >= 0.6 is 11.3 Å². The van der Waals surface area contributed by atoms with E-state index in [4.69, 9.17) is 4.74 Å². The lowest BCUT2D eigenvalue weighted by atomic mass is 10.2. The molecule has 1 atom stereocenters. The van der Waals surface area contributed by atoms with Crippen LogP contribution in [-0.2, 0) is 9.53 Å². The van der Waals surface area contributed by atoms with Crippen molar-refractivity contribution in [1.29, 1.82) is 0 Å². The monoisotopic (exact) mass is 323 g/mol. The van der Waals surface area contributed by atoms with Crippen LogP contribution in [0, 0.1) is 6.92 Å². The molecule has 120 valence electrons. The topological polar surface area (TPSA) is 61.9 Å². The number of rotatable bonds is 2. The number of piperazine rings is 1. The van der Waals surface area contributed by atoms with E-state index in [1.165, 1.54) is 11.3 Å². The summed E-state index contributed by atoms with van der Waals surface area (Å²) in [6, 6.07) is 3.60. The van der Waals surface area contributed by atoms with Crippen molar-refractivity contribution in [1.82, 2.24) is 15.1 Å². The number of nitrogens with zero attached hydrogens (tertiary/aromatic N) is 2. The van der Waals surface area contributed by atoms with Crippen molar-refractivity contribution in [3.05, 3.63) is 21.9 Å². The Morgan fingerprint density at radius 2 is 1.95 bits per heavy atom. The van der Waals surface area contributed by atoms with E-state index < -0.39 is 0 Å². The van der Waals surface area contributed by atoms with Crippen LogP contribution < -0.4 is 5.32 Å². The number of morpholine rings is 1. The summed E-state index contributed by atoms with van der Waals surface area (Å²) >= 11 is 1.52. The first-order chi connectivity index (χ1) is 10.6. The minimum Gasteiger partial charge on any atom is -0.378 e. The first-order valence-corrected chi connectivity index (χ1v) is 8.42. The number of ether oxygens (including phenoxy) is 1. The maximum atomic E-state index is 12.4. The summed E-state index contributed by atoms with van der Waals surface area (Å²) in [4.78, 5) is 30.4. The van der Waals surface area contributed by atoms with Gasteiger partial charge in [-0.2, -0.15) is 0 Å². The second-order valence-corrected chi connectivity index (χ2v) is 6.90. The highest BCUT2D eigenvalue weighted by molar-refractivity contribution is 7.13. The fraction of sp³-hybridized carbons (Fsp3) is 0.600. The molecule has 1 unspecified atom stereocenters. The van der Waals surface area contributed by atoms with Gasteiger partial charge in [-0.1, -0.05) is 0 Å². The average Bonchev–Trinajstić information content (AvgIpc) is 3.01. The molecule has 2 amide bonds. The minimum absolute atomic E-state index is 0.0734. The van der Waals surface area contributed by atoms with Gasteiger partial charge in [0.15, 0.2) is 0 Å². The van der Waals surface area contributed by atoms with Gasteiger partial charge in [-0.15, -0.1) is 11.3 Å². The molecule has 2 saturated heterocycles. The first-order valence-electron chi connectivity index (χ1n) is 7.61. The third-order valence-corrected chi connectivity index (χ3v) is 5.04. The molecule has 7 heteroatoms. The maximum Gasteiger partial charge on any atom is 0.264 e. The normalized spacial score (nSPS) is 22.7. The molecule has 3 rings (SSSR count).